The first-order valence-corrected chi connectivity index (χ1v) is 14.0. The number of rotatable bonds is 16. The Balaban J connectivity index is 2.01. The maximum Gasteiger partial charge on any atom is 0.325 e. The molecule has 0 saturated heterocycles. The predicted molar refractivity (Wildman–Crippen MR) is 137 cm³/mol. The molecule has 5 nitrogen and oxygen atoms in total. The summed E-state index contributed by atoms with van der Waals surface area (Å²) in [6, 6.07) is 2.68. The van der Waals surface area contributed by atoms with Gasteiger partial charge in [0.2, 0.25) is 0 Å². The van der Waals surface area contributed by atoms with Crippen molar-refractivity contribution < 1.29 is 27.8 Å². The summed E-state index contributed by atoms with van der Waals surface area (Å²) in [4.78, 5) is 25.9. The van der Waals surface area contributed by atoms with E-state index in [4.69, 9.17) is 9.47 Å². The third-order valence-corrected chi connectivity index (χ3v) is 7.27. The van der Waals surface area contributed by atoms with Crippen molar-refractivity contribution in [1.29, 1.82) is 0 Å². The molecule has 1 fully saturated rings. The van der Waals surface area contributed by atoms with Crippen molar-refractivity contribution in [2.24, 2.45) is 5.41 Å². The first-order chi connectivity index (χ1) is 17.4. The third-order valence-electron chi connectivity index (χ3n) is 7.27. The number of hydrogen-bond donors (Lipinski definition) is 1. The van der Waals surface area contributed by atoms with E-state index in [1.807, 2.05) is 0 Å². The number of nitrogens with one attached hydrogen (secondary N) is 1. The fraction of sp³-hybridized carbons (Fsp3) is 0.724. The molecule has 0 bridgehead atoms. The van der Waals surface area contributed by atoms with E-state index in [9.17, 15) is 18.4 Å². The topological polar surface area (TPSA) is 64.6 Å². The molecular formula is C29H45F2NO4. The van der Waals surface area contributed by atoms with Crippen LogP contribution in [0.5, 0.6) is 0 Å². The van der Waals surface area contributed by atoms with Crippen molar-refractivity contribution in [2.45, 2.75) is 117 Å². The number of esters is 2. The lowest BCUT2D eigenvalue weighted by Crippen LogP contribution is -2.57. The van der Waals surface area contributed by atoms with E-state index in [-0.39, 0.29) is 25.3 Å². The second-order valence-electron chi connectivity index (χ2n) is 9.83. The zero-order valence-electron chi connectivity index (χ0n) is 22.4. The zero-order valence-corrected chi connectivity index (χ0v) is 22.4. The standard InChI is InChI=1S/C29H45F2NO4/c1-4-7-8-9-10-11-12-13-16-22-18-19-23(26(31)25(22)30)21-32-24-17-14-15-20-29(24,27(33)35-5-2)28(34)36-6-3/h18-19,24,32H,4-17,20-21H2,1-3H3. The van der Waals surface area contributed by atoms with Gasteiger partial charge in [0.25, 0.3) is 0 Å². The van der Waals surface area contributed by atoms with Gasteiger partial charge in [-0.2, -0.15) is 0 Å². The molecule has 0 spiro atoms. The molecule has 1 atom stereocenters. The van der Waals surface area contributed by atoms with E-state index in [0.29, 0.717) is 31.2 Å². The molecule has 1 saturated carbocycles. The summed E-state index contributed by atoms with van der Waals surface area (Å²) in [5, 5.41) is 3.17. The molecule has 0 aromatic heterocycles. The molecule has 0 heterocycles. The Labute approximate surface area is 215 Å². The lowest BCUT2D eigenvalue weighted by Gasteiger charge is -2.40. The van der Waals surface area contributed by atoms with Crippen molar-refractivity contribution in [3.8, 4) is 0 Å². The maximum atomic E-state index is 14.9. The van der Waals surface area contributed by atoms with Crippen LogP contribution in [0.15, 0.2) is 12.1 Å². The quantitative estimate of drug-likeness (QED) is 0.151. The van der Waals surface area contributed by atoms with Gasteiger partial charge in [0.05, 0.1) is 13.2 Å². The minimum absolute atomic E-state index is 0.00597. The van der Waals surface area contributed by atoms with Crippen LogP contribution in [-0.4, -0.2) is 31.2 Å². The van der Waals surface area contributed by atoms with E-state index in [1.54, 1.807) is 26.0 Å². The summed E-state index contributed by atoms with van der Waals surface area (Å²) in [6.07, 6.45) is 12.1. The van der Waals surface area contributed by atoms with Gasteiger partial charge >= 0.3 is 11.9 Å². The monoisotopic (exact) mass is 509 g/mol. The summed E-state index contributed by atoms with van der Waals surface area (Å²) in [6.45, 7) is 5.88. The van der Waals surface area contributed by atoms with Gasteiger partial charge in [0.15, 0.2) is 17.0 Å². The Hall–Kier alpha value is -2.02. The van der Waals surface area contributed by atoms with Crippen LogP contribution in [0, 0.1) is 17.0 Å². The second kappa shape index (κ2) is 16.0. The van der Waals surface area contributed by atoms with Gasteiger partial charge in [0, 0.05) is 18.2 Å². The molecule has 1 unspecified atom stereocenters. The Kier molecular flexibility index (Phi) is 13.4. The Morgan fingerprint density at radius 1 is 0.861 bits per heavy atom. The van der Waals surface area contributed by atoms with Crippen LogP contribution >= 0.6 is 0 Å². The summed E-state index contributed by atoms with van der Waals surface area (Å²) >= 11 is 0. The van der Waals surface area contributed by atoms with Crippen molar-refractivity contribution in [3.63, 3.8) is 0 Å². The molecule has 1 aromatic rings. The minimum atomic E-state index is -1.48. The molecule has 2 rings (SSSR count). The van der Waals surface area contributed by atoms with E-state index in [1.165, 1.54) is 32.1 Å². The van der Waals surface area contributed by atoms with Crippen LogP contribution in [-0.2, 0) is 32.0 Å². The van der Waals surface area contributed by atoms with Gasteiger partial charge in [-0.15, -0.1) is 0 Å². The molecule has 1 aromatic carbocycles. The number of unbranched alkanes of at least 4 members (excludes halogenated alkanes) is 7. The summed E-state index contributed by atoms with van der Waals surface area (Å²) < 4.78 is 40.2. The molecule has 1 aliphatic rings. The first-order valence-electron chi connectivity index (χ1n) is 14.0. The van der Waals surface area contributed by atoms with Gasteiger partial charge < -0.3 is 14.8 Å². The molecule has 0 radical (unpaired) electrons. The highest BCUT2D eigenvalue weighted by Crippen LogP contribution is 2.39. The van der Waals surface area contributed by atoms with Crippen LogP contribution < -0.4 is 5.32 Å². The van der Waals surface area contributed by atoms with Crippen molar-refractivity contribution in [3.05, 3.63) is 34.9 Å². The van der Waals surface area contributed by atoms with Gasteiger partial charge in [-0.25, -0.2) is 8.78 Å². The fourth-order valence-corrected chi connectivity index (χ4v) is 5.18. The summed E-state index contributed by atoms with van der Waals surface area (Å²) in [5.74, 6) is -2.91. The van der Waals surface area contributed by atoms with Gasteiger partial charge in [0.1, 0.15) is 0 Å². The Bertz CT molecular complexity index is 812. The van der Waals surface area contributed by atoms with Gasteiger partial charge in [-0.3, -0.25) is 9.59 Å². The second-order valence-corrected chi connectivity index (χ2v) is 9.83. The van der Waals surface area contributed by atoms with Crippen molar-refractivity contribution in [1.82, 2.24) is 5.32 Å². The Morgan fingerprint density at radius 2 is 1.42 bits per heavy atom. The average Bonchev–Trinajstić information content (AvgIpc) is 2.87. The number of hydrogen-bond acceptors (Lipinski definition) is 5. The molecule has 0 aliphatic heterocycles. The van der Waals surface area contributed by atoms with Crippen molar-refractivity contribution in [2.75, 3.05) is 13.2 Å². The summed E-state index contributed by atoms with van der Waals surface area (Å²) in [5.41, 5.74) is -0.901. The largest absolute Gasteiger partial charge is 0.465 e. The zero-order chi connectivity index (χ0) is 26.4. The van der Waals surface area contributed by atoms with Gasteiger partial charge in [-0.1, -0.05) is 76.8 Å². The van der Waals surface area contributed by atoms with Gasteiger partial charge in [-0.05, 0) is 45.1 Å². The number of halogens is 2. The number of carbonyl (C=O) groups is 2. The van der Waals surface area contributed by atoms with E-state index in [2.05, 4.69) is 12.2 Å². The van der Waals surface area contributed by atoms with Crippen LogP contribution in [0.3, 0.4) is 0 Å². The lowest BCUT2D eigenvalue weighted by molar-refractivity contribution is -0.177. The van der Waals surface area contributed by atoms with Crippen LogP contribution in [0.2, 0.25) is 0 Å². The molecule has 7 heteroatoms. The SMILES string of the molecule is CCCCCCCCCCc1ccc(CNC2CCCCC2(C(=O)OCC)C(=O)OCC)c(F)c1F. The Morgan fingerprint density at radius 3 is 2.03 bits per heavy atom. The number of benzene rings is 1. The van der Waals surface area contributed by atoms with Crippen molar-refractivity contribution >= 4 is 11.9 Å². The third kappa shape index (κ3) is 7.99. The minimum Gasteiger partial charge on any atom is -0.465 e. The molecule has 0 amide bonds. The van der Waals surface area contributed by atoms with Crippen LogP contribution in [0.25, 0.3) is 0 Å². The number of carbonyl (C=O) groups excluding carboxylic acids is 2. The van der Waals surface area contributed by atoms with E-state index in [0.717, 1.165) is 25.7 Å². The van der Waals surface area contributed by atoms with Crippen LogP contribution in [0.1, 0.15) is 109 Å². The smallest absolute Gasteiger partial charge is 0.325 e. The predicted octanol–water partition coefficient (Wildman–Crippen LogP) is 6.79. The number of aryl methyl sites for hydroxylation is 1. The molecule has 1 N–H and O–H groups in total. The molecule has 36 heavy (non-hydrogen) atoms. The van der Waals surface area contributed by atoms with E-state index >= 15 is 0 Å². The highest BCUT2D eigenvalue weighted by molar-refractivity contribution is 6.01. The maximum absolute atomic E-state index is 14.9. The fourth-order valence-electron chi connectivity index (χ4n) is 5.18. The summed E-state index contributed by atoms with van der Waals surface area (Å²) in [7, 11) is 0. The molecule has 1 aliphatic carbocycles. The molecular weight excluding hydrogens is 464 g/mol. The first kappa shape index (κ1) is 30.2. The normalized spacial score (nSPS) is 17.1. The average molecular weight is 510 g/mol. The highest BCUT2D eigenvalue weighted by Gasteiger charge is 2.55. The van der Waals surface area contributed by atoms with Crippen LogP contribution in [0.4, 0.5) is 8.78 Å². The number of ether oxygens (including phenoxy) is 2. The highest BCUT2D eigenvalue weighted by atomic mass is 19.2. The molecule has 204 valence electrons. The van der Waals surface area contributed by atoms with E-state index < -0.39 is 35.0 Å². The lowest BCUT2D eigenvalue weighted by atomic mass is 9.70.